The quantitative estimate of drug-likeness (QED) is 0.626. The number of nitrogens with one attached hydrogen (secondary N) is 1. The van der Waals surface area contributed by atoms with E-state index in [2.05, 4.69) is 68.7 Å². The smallest absolute Gasteiger partial charge is 0.122 e. The van der Waals surface area contributed by atoms with Crippen LogP contribution in [0.3, 0.4) is 0 Å². The van der Waals surface area contributed by atoms with E-state index in [1.54, 1.807) is 0 Å². The van der Waals surface area contributed by atoms with Gasteiger partial charge >= 0.3 is 0 Å². The highest BCUT2D eigenvalue weighted by molar-refractivity contribution is 7.09. The minimum Gasteiger partial charge on any atom is -0.493 e. The van der Waals surface area contributed by atoms with Gasteiger partial charge in [-0.2, -0.15) is 0 Å². The van der Waals surface area contributed by atoms with Gasteiger partial charge in [-0.3, -0.25) is 0 Å². The first-order valence-corrected chi connectivity index (χ1v) is 9.27. The largest absolute Gasteiger partial charge is 0.493 e. The highest BCUT2D eigenvalue weighted by Crippen LogP contribution is 2.23. The van der Waals surface area contributed by atoms with Gasteiger partial charge in [0, 0.05) is 18.0 Å². The average molecular weight is 332 g/mol. The van der Waals surface area contributed by atoms with Gasteiger partial charge in [0.1, 0.15) is 5.75 Å². The Kier molecular flexibility index (Phi) is 6.67. The molecule has 0 unspecified atom stereocenters. The van der Waals surface area contributed by atoms with Gasteiger partial charge in [0.2, 0.25) is 0 Å². The Balaban J connectivity index is 1.66. The Bertz CT molecular complexity index is 590. The molecule has 0 radical (unpaired) electrons. The summed E-state index contributed by atoms with van der Waals surface area (Å²) in [5.41, 5.74) is 2.76. The van der Waals surface area contributed by atoms with Crippen molar-refractivity contribution < 1.29 is 4.74 Å². The van der Waals surface area contributed by atoms with E-state index in [-0.39, 0.29) is 0 Å². The molecule has 3 heteroatoms. The highest BCUT2D eigenvalue weighted by Gasteiger charge is 2.17. The Morgan fingerprint density at radius 2 is 2.00 bits per heavy atom. The predicted octanol–water partition coefficient (Wildman–Crippen LogP) is 5.34. The summed E-state index contributed by atoms with van der Waals surface area (Å²) in [5, 5.41) is 5.70. The first-order chi connectivity index (χ1) is 11.0. The molecule has 2 aromatic rings. The fourth-order valence-electron chi connectivity index (χ4n) is 2.62. The van der Waals surface area contributed by atoms with Gasteiger partial charge < -0.3 is 10.1 Å². The minimum absolute atomic E-state index is 0.294. The van der Waals surface area contributed by atoms with Crippen LogP contribution in [-0.2, 0) is 6.54 Å². The van der Waals surface area contributed by atoms with E-state index in [0.717, 1.165) is 38.3 Å². The normalized spacial score (nSPS) is 11.7. The Labute approximate surface area is 144 Å². The molecule has 2 nitrogen and oxygen atoms in total. The summed E-state index contributed by atoms with van der Waals surface area (Å²) in [4.78, 5) is 1.40. The van der Waals surface area contributed by atoms with Crippen molar-refractivity contribution in [1.29, 1.82) is 0 Å². The predicted molar refractivity (Wildman–Crippen MR) is 100 cm³/mol. The van der Waals surface area contributed by atoms with Gasteiger partial charge in [-0.1, -0.05) is 32.0 Å². The fraction of sp³-hybridized carbons (Fsp3) is 0.500. The Morgan fingerprint density at radius 3 is 2.74 bits per heavy atom. The number of hydrogen-bond donors (Lipinski definition) is 1. The van der Waals surface area contributed by atoms with E-state index < -0.39 is 0 Å². The molecular formula is C20H29NOS. The van der Waals surface area contributed by atoms with E-state index in [0.29, 0.717) is 5.41 Å². The summed E-state index contributed by atoms with van der Waals surface area (Å²) in [7, 11) is 0. The SMILES string of the molecule is Cc1ccc(C)c(OCCCC(C)(C)CNCc2cccs2)c1. The van der Waals surface area contributed by atoms with Crippen molar-refractivity contribution in [3.8, 4) is 5.75 Å². The van der Waals surface area contributed by atoms with Crippen LogP contribution in [0.2, 0.25) is 0 Å². The van der Waals surface area contributed by atoms with Crippen LogP contribution < -0.4 is 10.1 Å². The van der Waals surface area contributed by atoms with Crippen LogP contribution in [0.5, 0.6) is 5.75 Å². The molecule has 0 saturated heterocycles. The number of aryl methyl sites for hydroxylation is 2. The molecular weight excluding hydrogens is 302 g/mol. The van der Waals surface area contributed by atoms with Crippen LogP contribution in [0.1, 0.15) is 42.7 Å². The van der Waals surface area contributed by atoms with Crippen LogP contribution in [0.25, 0.3) is 0 Å². The van der Waals surface area contributed by atoms with Crippen molar-refractivity contribution in [2.75, 3.05) is 13.2 Å². The van der Waals surface area contributed by atoms with E-state index in [9.17, 15) is 0 Å². The Morgan fingerprint density at radius 1 is 1.17 bits per heavy atom. The molecule has 2 rings (SSSR count). The molecule has 0 aliphatic carbocycles. The van der Waals surface area contributed by atoms with Crippen molar-refractivity contribution >= 4 is 11.3 Å². The topological polar surface area (TPSA) is 21.3 Å². The zero-order valence-corrected chi connectivity index (χ0v) is 15.6. The third-order valence-corrected chi connectivity index (χ3v) is 4.96. The molecule has 1 heterocycles. The summed E-state index contributed by atoms with van der Waals surface area (Å²) in [6, 6.07) is 10.7. The second-order valence-corrected chi connectivity index (χ2v) is 8.10. The summed E-state index contributed by atoms with van der Waals surface area (Å²) in [5.74, 6) is 1.03. The molecule has 1 aromatic carbocycles. The maximum absolute atomic E-state index is 5.96. The summed E-state index contributed by atoms with van der Waals surface area (Å²) < 4.78 is 5.96. The molecule has 0 fully saturated rings. The first-order valence-electron chi connectivity index (χ1n) is 8.39. The first kappa shape index (κ1) is 18.0. The van der Waals surface area contributed by atoms with Crippen molar-refractivity contribution in [3.63, 3.8) is 0 Å². The molecule has 0 amide bonds. The second-order valence-electron chi connectivity index (χ2n) is 7.07. The van der Waals surface area contributed by atoms with Gasteiger partial charge in [0.05, 0.1) is 6.61 Å². The van der Waals surface area contributed by atoms with Crippen LogP contribution in [0.15, 0.2) is 35.7 Å². The van der Waals surface area contributed by atoms with E-state index in [4.69, 9.17) is 4.74 Å². The van der Waals surface area contributed by atoms with Crippen molar-refractivity contribution in [2.24, 2.45) is 5.41 Å². The number of thiophene rings is 1. The van der Waals surface area contributed by atoms with E-state index >= 15 is 0 Å². The van der Waals surface area contributed by atoms with Crippen LogP contribution in [-0.4, -0.2) is 13.2 Å². The average Bonchev–Trinajstić information content (AvgIpc) is 3.00. The molecule has 0 aliphatic heterocycles. The molecule has 0 saturated carbocycles. The fourth-order valence-corrected chi connectivity index (χ4v) is 3.30. The van der Waals surface area contributed by atoms with Crippen molar-refractivity contribution in [3.05, 3.63) is 51.7 Å². The second kappa shape index (κ2) is 8.51. The summed E-state index contributed by atoms with van der Waals surface area (Å²) in [6.07, 6.45) is 2.25. The molecule has 0 bridgehead atoms. The van der Waals surface area contributed by atoms with Crippen LogP contribution in [0.4, 0.5) is 0 Å². The molecule has 1 aromatic heterocycles. The maximum atomic E-state index is 5.96. The zero-order valence-electron chi connectivity index (χ0n) is 14.8. The van der Waals surface area contributed by atoms with Gasteiger partial charge in [0.15, 0.2) is 0 Å². The lowest BCUT2D eigenvalue weighted by Crippen LogP contribution is -2.29. The number of rotatable bonds is 9. The number of benzene rings is 1. The van der Waals surface area contributed by atoms with Crippen molar-refractivity contribution in [1.82, 2.24) is 5.32 Å². The zero-order chi connectivity index (χ0) is 16.7. The third kappa shape index (κ3) is 6.36. The van der Waals surface area contributed by atoms with Crippen LogP contribution >= 0.6 is 11.3 Å². The number of hydrogen-bond acceptors (Lipinski definition) is 3. The van der Waals surface area contributed by atoms with Gasteiger partial charge in [-0.05, 0) is 60.7 Å². The molecule has 0 atom stereocenters. The Hall–Kier alpha value is -1.32. The molecule has 1 N–H and O–H groups in total. The monoisotopic (exact) mass is 331 g/mol. The minimum atomic E-state index is 0.294. The maximum Gasteiger partial charge on any atom is 0.122 e. The standard InChI is InChI=1S/C20H29NOS/c1-16-8-9-17(2)19(13-16)22-11-6-10-20(3,4)15-21-14-18-7-5-12-23-18/h5,7-9,12-13,21H,6,10-11,14-15H2,1-4H3. The number of ether oxygens (including phenoxy) is 1. The lowest BCUT2D eigenvalue weighted by atomic mass is 9.88. The molecule has 23 heavy (non-hydrogen) atoms. The molecule has 0 aliphatic rings. The van der Waals surface area contributed by atoms with Gasteiger partial charge in [-0.25, -0.2) is 0 Å². The van der Waals surface area contributed by atoms with Gasteiger partial charge in [-0.15, -0.1) is 11.3 Å². The van der Waals surface area contributed by atoms with E-state index in [1.807, 2.05) is 11.3 Å². The van der Waals surface area contributed by atoms with Crippen molar-refractivity contribution in [2.45, 2.75) is 47.1 Å². The highest BCUT2D eigenvalue weighted by atomic mass is 32.1. The summed E-state index contributed by atoms with van der Waals surface area (Å²) >= 11 is 1.81. The molecule has 126 valence electrons. The van der Waals surface area contributed by atoms with E-state index in [1.165, 1.54) is 16.0 Å². The lowest BCUT2D eigenvalue weighted by Gasteiger charge is -2.25. The summed E-state index contributed by atoms with van der Waals surface area (Å²) in [6.45, 7) is 11.7. The third-order valence-electron chi connectivity index (χ3n) is 4.08. The molecule has 0 spiro atoms. The lowest BCUT2D eigenvalue weighted by molar-refractivity contribution is 0.249. The van der Waals surface area contributed by atoms with Crippen LogP contribution in [0, 0.1) is 19.3 Å². The van der Waals surface area contributed by atoms with Gasteiger partial charge in [0.25, 0.3) is 0 Å².